The molecule has 2 nitrogen and oxygen atoms in total. The van der Waals surface area contributed by atoms with E-state index >= 15 is 0 Å². The van der Waals surface area contributed by atoms with Crippen LogP contribution in [0.2, 0.25) is 10.0 Å². The Morgan fingerprint density at radius 1 is 1.06 bits per heavy atom. The number of aryl methyl sites for hydroxylation is 1. The van der Waals surface area contributed by atoms with Crippen LogP contribution >= 0.6 is 23.2 Å². The molecule has 0 spiro atoms. The molecule has 94 valence electrons. The van der Waals surface area contributed by atoms with Gasteiger partial charge in [-0.15, -0.1) is 0 Å². The smallest absolute Gasteiger partial charge is 0.122 e. The maximum Gasteiger partial charge on any atom is 0.122 e. The summed E-state index contributed by atoms with van der Waals surface area (Å²) in [5, 5.41) is 1.08. The van der Waals surface area contributed by atoms with Crippen molar-refractivity contribution in [3.05, 3.63) is 57.6 Å². The molecule has 0 atom stereocenters. The molecule has 0 saturated carbocycles. The Labute approximate surface area is 116 Å². The van der Waals surface area contributed by atoms with Gasteiger partial charge in [0.1, 0.15) is 12.4 Å². The van der Waals surface area contributed by atoms with Gasteiger partial charge < -0.3 is 10.5 Å². The number of halogens is 2. The third-order valence-electron chi connectivity index (χ3n) is 2.58. The van der Waals surface area contributed by atoms with Gasteiger partial charge in [-0.2, -0.15) is 0 Å². The quantitative estimate of drug-likeness (QED) is 0.843. The molecule has 0 aliphatic heterocycles. The summed E-state index contributed by atoms with van der Waals surface area (Å²) in [6.07, 6.45) is 0. The van der Waals surface area contributed by atoms with Crippen LogP contribution < -0.4 is 10.5 Å². The molecule has 0 aromatic heterocycles. The van der Waals surface area contributed by atoms with Crippen LogP contribution in [0.5, 0.6) is 5.75 Å². The lowest BCUT2D eigenvalue weighted by Crippen LogP contribution is -1.97. The van der Waals surface area contributed by atoms with Crippen molar-refractivity contribution in [3.63, 3.8) is 0 Å². The molecule has 0 unspecified atom stereocenters. The molecule has 0 amide bonds. The minimum absolute atomic E-state index is 0.446. The van der Waals surface area contributed by atoms with E-state index in [1.165, 1.54) is 0 Å². The second-order valence-electron chi connectivity index (χ2n) is 4.06. The summed E-state index contributed by atoms with van der Waals surface area (Å²) in [4.78, 5) is 0. The van der Waals surface area contributed by atoms with Gasteiger partial charge in [0, 0.05) is 5.69 Å². The lowest BCUT2D eigenvalue weighted by molar-refractivity contribution is 0.304. The monoisotopic (exact) mass is 281 g/mol. The van der Waals surface area contributed by atoms with Gasteiger partial charge in [-0.25, -0.2) is 0 Å². The van der Waals surface area contributed by atoms with Gasteiger partial charge in [-0.1, -0.05) is 29.3 Å². The summed E-state index contributed by atoms with van der Waals surface area (Å²) in [5.41, 5.74) is 8.40. The van der Waals surface area contributed by atoms with Gasteiger partial charge in [-0.05, 0) is 48.4 Å². The molecule has 2 aromatic carbocycles. The summed E-state index contributed by atoms with van der Waals surface area (Å²) in [5.74, 6) is 0.815. The highest BCUT2D eigenvalue weighted by atomic mass is 35.5. The van der Waals surface area contributed by atoms with E-state index in [0.29, 0.717) is 16.7 Å². The minimum Gasteiger partial charge on any atom is -0.489 e. The van der Waals surface area contributed by atoms with Gasteiger partial charge >= 0.3 is 0 Å². The number of nitrogens with two attached hydrogens (primary N) is 1. The fraction of sp³-hybridized carbons (Fsp3) is 0.143. The third-order valence-corrected chi connectivity index (χ3v) is 3.32. The zero-order chi connectivity index (χ0) is 13.1. The molecule has 0 bridgehead atoms. The molecule has 0 saturated heterocycles. The van der Waals surface area contributed by atoms with Crippen molar-refractivity contribution in [1.29, 1.82) is 0 Å². The minimum atomic E-state index is 0.446. The molecular weight excluding hydrogens is 269 g/mol. The molecule has 2 rings (SSSR count). The van der Waals surface area contributed by atoms with Crippen molar-refractivity contribution in [2.75, 3.05) is 5.73 Å². The molecule has 0 aliphatic carbocycles. The van der Waals surface area contributed by atoms with E-state index < -0.39 is 0 Å². The summed E-state index contributed by atoms with van der Waals surface area (Å²) >= 11 is 11.8. The first-order valence-corrected chi connectivity index (χ1v) is 6.24. The normalized spacial score (nSPS) is 10.4. The number of hydrogen-bond donors (Lipinski definition) is 1. The molecule has 0 aliphatic rings. The van der Waals surface area contributed by atoms with E-state index in [0.717, 1.165) is 22.6 Å². The molecule has 0 radical (unpaired) electrons. The molecular formula is C14H13Cl2NO. The number of ether oxygens (including phenoxy) is 1. The second-order valence-corrected chi connectivity index (χ2v) is 4.88. The van der Waals surface area contributed by atoms with Gasteiger partial charge in [0.05, 0.1) is 10.0 Å². The number of hydrogen-bond acceptors (Lipinski definition) is 2. The third kappa shape index (κ3) is 3.09. The Bertz CT molecular complexity index is 570. The lowest BCUT2D eigenvalue weighted by Gasteiger charge is -2.10. The summed E-state index contributed by atoms with van der Waals surface area (Å²) < 4.78 is 5.72. The van der Waals surface area contributed by atoms with Gasteiger partial charge in [0.25, 0.3) is 0 Å². The molecule has 2 N–H and O–H groups in total. The van der Waals surface area contributed by atoms with Crippen LogP contribution in [0.25, 0.3) is 0 Å². The Balaban J connectivity index is 2.09. The van der Waals surface area contributed by atoms with Gasteiger partial charge in [-0.3, -0.25) is 0 Å². The van der Waals surface area contributed by atoms with Crippen LogP contribution in [-0.4, -0.2) is 0 Å². The highest BCUT2D eigenvalue weighted by molar-refractivity contribution is 6.42. The van der Waals surface area contributed by atoms with E-state index in [2.05, 4.69) is 0 Å². The van der Waals surface area contributed by atoms with E-state index in [-0.39, 0.29) is 0 Å². The van der Waals surface area contributed by atoms with Crippen molar-refractivity contribution >= 4 is 28.9 Å². The predicted molar refractivity (Wildman–Crippen MR) is 76.4 cm³/mol. The molecule has 18 heavy (non-hydrogen) atoms. The fourth-order valence-corrected chi connectivity index (χ4v) is 1.95. The first kappa shape index (κ1) is 13.1. The Kier molecular flexibility index (Phi) is 4.00. The summed E-state index contributed by atoms with van der Waals surface area (Å²) in [7, 11) is 0. The van der Waals surface area contributed by atoms with Crippen LogP contribution in [0.3, 0.4) is 0 Å². The predicted octanol–water partition coefficient (Wildman–Crippen LogP) is 4.46. The summed E-state index contributed by atoms with van der Waals surface area (Å²) in [6, 6.07) is 11.0. The van der Waals surface area contributed by atoms with Crippen molar-refractivity contribution in [3.8, 4) is 5.75 Å². The molecule has 2 aromatic rings. The van der Waals surface area contributed by atoms with Gasteiger partial charge in [0.15, 0.2) is 0 Å². The van der Waals surface area contributed by atoms with Crippen molar-refractivity contribution in [2.45, 2.75) is 13.5 Å². The standard InChI is InChI=1S/C14H13Cl2NO/c1-9-6-11(17)3-5-14(9)18-8-10-2-4-12(15)13(16)7-10/h2-7H,8,17H2,1H3. The van der Waals surface area contributed by atoms with Crippen molar-refractivity contribution < 1.29 is 4.74 Å². The van der Waals surface area contributed by atoms with E-state index in [9.17, 15) is 0 Å². The lowest BCUT2D eigenvalue weighted by atomic mass is 10.2. The largest absolute Gasteiger partial charge is 0.489 e. The second kappa shape index (κ2) is 5.51. The maximum atomic E-state index is 5.94. The maximum absolute atomic E-state index is 5.94. The Morgan fingerprint density at radius 2 is 1.83 bits per heavy atom. The highest BCUT2D eigenvalue weighted by Crippen LogP contribution is 2.25. The fourth-order valence-electron chi connectivity index (χ4n) is 1.63. The number of rotatable bonds is 3. The van der Waals surface area contributed by atoms with E-state index in [1.807, 2.05) is 31.2 Å². The van der Waals surface area contributed by atoms with E-state index in [1.54, 1.807) is 12.1 Å². The van der Waals surface area contributed by atoms with E-state index in [4.69, 9.17) is 33.7 Å². The number of nitrogen functional groups attached to an aromatic ring is 1. The van der Waals surface area contributed by atoms with Crippen LogP contribution in [0, 0.1) is 6.92 Å². The Hall–Kier alpha value is -1.38. The number of anilines is 1. The molecule has 0 heterocycles. The highest BCUT2D eigenvalue weighted by Gasteiger charge is 2.03. The average Bonchev–Trinajstić information content (AvgIpc) is 2.32. The molecule has 0 fully saturated rings. The zero-order valence-corrected chi connectivity index (χ0v) is 11.4. The zero-order valence-electron chi connectivity index (χ0n) is 9.91. The average molecular weight is 282 g/mol. The Morgan fingerprint density at radius 3 is 2.50 bits per heavy atom. The number of benzene rings is 2. The van der Waals surface area contributed by atoms with Crippen LogP contribution in [0.15, 0.2) is 36.4 Å². The van der Waals surface area contributed by atoms with Crippen molar-refractivity contribution in [2.24, 2.45) is 0 Å². The van der Waals surface area contributed by atoms with Gasteiger partial charge in [0.2, 0.25) is 0 Å². The van der Waals surface area contributed by atoms with Crippen LogP contribution in [-0.2, 0) is 6.61 Å². The first-order valence-electron chi connectivity index (χ1n) is 5.49. The molecule has 4 heteroatoms. The van der Waals surface area contributed by atoms with Crippen LogP contribution in [0.1, 0.15) is 11.1 Å². The van der Waals surface area contributed by atoms with Crippen LogP contribution in [0.4, 0.5) is 5.69 Å². The first-order chi connectivity index (χ1) is 8.56. The van der Waals surface area contributed by atoms with Crippen molar-refractivity contribution in [1.82, 2.24) is 0 Å². The SMILES string of the molecule is Cc1cc(N)ccc1OCc1ccc(Cl)c(Cl)c1. The topological polar surface area (TPSA) is 35.2 Å². The summed E-state index contributed by atoms with van der Waals surface area (Å²) in [6.45, 7) is 2.40.